The Morgan fingerprint density at radius 2 is 1.15 bits per heavy atom. The first-order valence-corrected chi connectivity index (χ1v) is 7.32. The summed E-state index contributed by atoms with van der Waals surface area (Å²) < 4.78 is 0. The highest BCUT2D eigenvalue weighted by molar-refractivity contribution is 5.85. The van der Waals surface area contributed by atoms with Crippen LogP contribution in [0.1, 0.15) is 26.7 Å². The molecule has 0 saturated carbocycles. The van der Waals surface area contributed by atoms with Crippen molar-refractivity contribution in [2.24, 2.45) is 23.7 Å². The van der Waals surface area contributed by atoms with Crippen LogP contribution in [0.3, 0.4) is 0 Å². The molecule has 124 valence electrons. The predicted octanol–water partition coefficient (Wildman–Crippen LogP) is 1.29. The van der Waals surface area contributed by atoms with Gasteiger partial charge in [-0.2, -0.15) is 0 Å². The SMILES string of the molecule is C[C@@H]1CNCC[C@@H]1CO.C[C@H]1CNCC[C@H]1CO.Cl.Cl. The maximum Gasteiger partial charge on any atom is 0.0462 e. The van der Waals surface area contributed by atoms with Crippen LogP contribution in [0.2, 0.25) is 0 Å². The lowest BCUT2D eigenvalue weighted by Gasteiger charge is -2.27. The Morgan fingerprint density at radius 3 is 1.35 bits per heavy atom. The average molecular weight is 331 g/mol. The number of rotatable bonds is 2. The van der Waals surface area contributed by atoms with Crippen LogP contribution in [-0.2, 0) is 0 Å². The molecule has 4 nitrogen and oxygen atoms in total. The quantitative estimate of drug-likeness (QED) is 0.616. The molecular weight excluding hydrogens is 299 g/mol. The van der Waals surface area contributed by atoms with Gasteiger partial charge in [0.2, 0.25) is 0 Å². The molecule has 2 saturated heterocycles. The van der Waals surface area contributed by atoms with Gasteiger partial charge in [-0.25, -0.2) is 0 Å². The van der Waals surface area contributed by atoms with Crippen molar-refractivity contribution < 1.29 is 10.2 Å². The first-order valence-electron chi connectivity index (χ1n) is 7.32. The van der Waals surface area contributed by atoms with Crippen molar-refractivity contribution in [2.45, 2.75) is 26.7 Å². The maximum absolute atomic E-state index is 8.83. The third-order valence-electron chi connectivity index (χ3n) is 4.39. The van der Waals surface area contributed by atoms with Gasteiger partial charge in [-0.3, -0.25) is 0 Å². The highest BCUT2D eigenvalue weighted by Crippen LogP contribution is 2.17. The molecule has 0 aromatic heterocycles. The van der Waals surface area contributed by atoms with Gasteiger partial charge >= 0.3 is 0 Å². The monoisotopic (exact) mass is 330 g/mol. The van der Waals surface area contributed by atoms with Crippen molar-refractivity contribution in [1.29, 1.82) is 0 Å². The lowest BCUT2D eigenvalue weighted by Crippen LogP contribution is -2.36. The Hall–Kier alpha value is 0.420. The van der Waals surface area contributed by atoms with Crippen molar-refractivity contribution in [2.75, 3.05) is 39.4 Å². The zero-order valence-electron chi connectivity index (χ0n) is 12.7. The molecule has 0 bridgehead atoms. The first-order chi connectivity index (χ1) is 8.69. The van der Waals surface area contributed by atoms with Gasteiger partial charge in [-0.1, -0.05) is 13.8 Å². The van der Waals surface area contributed by atoms with E-state index in [1.54, 1.807) is 0 Å². The van der Waals surface area contributed by atoms with Gasteiger partial charge in [0, 0.05) is 13.2 Å². The smallest absolute Gasteiger partial charge is 0.0462 e. The Bertz CT molecular complexity index is 201. The predicted molar refractivity (Wildman–Crippen MR) is 88.9 cm³/mol. The highest BCUT2D eigenvalue weighted by atomic mass is 35.5. The molecule has 0 aliphatic carbocycles. The minimum Gasteiger partial charge on any atom is -0.396 e. The van der Waals surface area contributed by atoms with E-state index in [2.05, 4.69) is 24.5 Å². The summed E-state index contributed by atoms with van der Waals surface area (Å²) in [5.74, 6) is 2.41. The number of hydrogen-bond donors (Lipinski definition) is 4. The number of nitrogens with one attached hydrogen (secondary N) is 2. The van der Waals surface area contributed by atoms with E-state index in [9.17, 15) is 0 Å². The van der Waals surface area contributed by atoms with Crippen molar-refractivity contribution in [3.8, 4) is 0 Å². The van der Waals surface area contributed by atoms with Crippen LogP contribution in [0, 0.1) is 23.7 Å². The zero-order chi connectivity index (χ0) is 13.4. The van der Waals surface area contributed by atoms with Crippen molar-refractivity contribution in [3.63, 3.8) is 0 Å². The summed E-state index contributed by atoms with van der Waals surface area (Å²) in [6.07, 6.45) is 2.27. The van der Waals surface area contributed by atoms with E-state index in [4.69, 9.17) is 10.2 Å². The van der Waals surface area contributed by atoms with Crippen LogP contribution in [0.15, 0.2) is 0 Å². The molecular formula is C14H32Cl2N2O2. The van der Waals surface area contributed by atoms with Crippen molar-refractivity contribution in [1.82, 2.24) is 10.6 Å². The Kier molecular flexibility index (Phi) is 14.9. The first kappa shape index (κ1) is 22.7. The molecule has 2 aliphatic heterocycles. The maximum atomic E-state index is 8.83. The highest BCUT2D eigenvalue weighted by Gasteiger charge is 2.19. The molecule has 0 aromatic carbocycles. The zero-order valence-corrected chi connectivity index (χ0v) is 14.3. The van der Waals surface area contributed by atoms with E-state index < -0.39 is 0 Å². The Morgan fingerprint density at radius 1 is 0.800 bits per heavy atom. The van der Waals surface area contributed by atoms with Crippen molar-refractivity contribution >= 4 is 24.8 Å². The van der Waals surface area contributed by atoms with Crippen LogP contribution in [0.5, 0.6) is 0 Å². The summed E-state index contributed by atoms with van der Waals surface area (Å²) in [5.41, 5.74) is 0. The lowest BCUT2D eigenvalue weighted by molar-refractivity contribution is 0.153. The second-order valence-corrected chi connectivity index (χ2v) is 5.83. The molecule has 6 heteroatoms. The number of piperidine rings is 2. The minimum absolute atomic E-state index is 0. The molecule has 2 aliphatic rings. The number of aliphatic hydroxyl groups excluding tert-OH is 2. The molecule has 4 N–H and O–H groups in total. The van der Waals surface area contributed by atoms with Gasteiger partial charge in [0.25, 0.3) is 0 Å². The van der Waals surface area contributed by atoms with E-state index in [1.165, 1.54) is 0 Å². The number of hydrogen-bond acceptors (Lipinski definition) is 4. The van der Waals surface area contributed by atoms with E-state index in [-0.39, 0.29) is 24.8 Å². The summed E-state index contributed by atoms with van der Waals surface area (Å²) in [5, 5.41) is 24.2. The second kappa shape index (κ2) is 13.1. The molecule has 2 fully saturated rings. The molecule has 4 atom stereocenters. The molecule has 0 unspecified atom stereocenters. The van der Waals surface area contributed by atoms with Gasteiger partial charge in [-0.05, 0) is 62.7 Å². The second-order valence-electron chi connectivity index (χ2n) is 5.83. The van der Waals surface area contributed by atoms with Crippen LogP contribution in [-0.4, -0.2) is 49.6 Å². The number of halogens is 2. The van der Waals surface area contributed by atoms with Crippen LogP contribution >= 0.6 is 24.8 Å². The van der Waals surface area contributed by atoms with Crippen LogP contribution in [0.4, 0.5) is 0 Å². The topological polar surface area (TPSA) is 64.5 Å². The molecule has 0 radical (unpaired) electrons. The molecule has 0 spiro atoms. The Balaban J connectivity index is 0. The van der Waals surface area contributed by atoms with Gasteiger partial charge in [-0.15, -0.1) is 24.8 Å². The molecule has 2 heterocycles. The molecule has 0 amide bonds. The number of aliphatic hydroxyl groups is 2. The minimum atomic E-state index is 0. The van der Waals surface area contributed by atoms with E-state index in [1.807, 2.05) is 0 Å². The summed E-state index contributed by atoms with van der Waals surface area (Å²) in [4.78, 5) is 0. The standard InChI is InChI=1S/2C7H15NO.2ClH/c2*1-6-4-8-3-2-7(6)5-9;;/h2*6-9H,2-5H2,1H3;2*1H/t2*6-,7-;;/m10../s1. The lowest BCUT2D eigenvalue weighted by atomic mass is 9.89. The third-order valence-corrected chi connectivity index (χ3v) is 4.39. The van der Waals surface area contributed by atoms with Crippen LogP contribution in [0.25, 0.3) is 0 Å². The van der Waals surface area contributed by atoms with Gasteiger partial charge < -0.3 is 20.8 Å². The fourth-order valence-electron chi connectivity index (χ4n) is 2.68. The third kappa shape index (κ3) is 8.01. The van der Waals surface area contributed by atoms with E-state index in [0.717, 1.165) is 39.0 Å². The van der Waals surface area contributed by atoms with Gasteiger partial charge in [0.05, 0.1) is 0 Å². The largest absolute Gasteiger partial charge is 0.396 e. The van der Waals surface area contributed by atoms with E-state index in [0.29, 0.717) is 36.9 Å². The summed E-state index contributed by atoms with van der Waals surface area (Å²) in [6.45, 7) is 9.41. The van der Waals surface area contributed by atoms with Gasteiger partial charge in [0.15, 0.2) is 0 Å². The molecule has 0 aromatic rings. The summed E-state index contributed by atoms with van der Waals surface area (Å²) in [7, 11) is 0. The van der Waals surface area contributed by atoms with E-state index >= 15 is 0 Å². The Labute approximate surface area is 135 Å². The van der Waals surface area contributed by atoms with Crippen molar-refractivity contribution in [3.05, 3.63) is 0 Å². The summed E-state index contributed by atoms with van der Waals surface area (Å²) >= 11 is 0. The molecule has 2 rings (SSSR count). The molecule has 20 heavy (non-hydrogen) atoms. The average Bonchev–Trinajstić information content (AvgIpc) is 2.41. The summed E-state index contributed by atoms with van der Waals surface area (Å²) in [6, 6.07) is 0. The fraction of sp³-hybridized carbons (Fsp3) is 1.00. The van der Waals surface area contributed by atoms with Crippen LogP contribution < -0.4 is 10.6 Å². The normalized spacial score (nSPS) is 33.0. The van der Waals surface area contributed by atoms with Gasteiger partial charge in [0.1, 0.15) is 0 Å². The fourth-order valence-corrected chi connectivity index (χ4v) is 2.68.